The van der Waals surface area contributed by atoms with Gasteiger partial charge in [0.05, 0.1) is 0 Å². The lowest BCUT2D eigenvalue weighted by Crippen LogP contribution is -1.82. The lowest BCUT2D eigenvalue weighted by molar-refractivity contribution is 1.24. The van der Waals surface area contributed by atoms with E-state index in [0.717, 1.165) is 6.42 Å². The van der Waals surface area contributed by atoms with Gasteiger partial charge in [-0.05, 0) is 42.6 Å². The van der Waals surface area contributed by atoms with Gasteiger partial charge in [0.15, 0.2) is 0 Å². The Morgan fingerprint density at radius 3 is 2.40 bits per heavy atom. The van der Waals surface area contributed by atoms with Gasteiger partial charge in [0, 0.05) is 0 Å². The van der Waals surface area contributed by atoms with Gasteiger partial charge in [-0.25, -0.2) is 0 Å². The fraction of sp³-hybridized carbons (Fsp3) is 0.200. The normalized spacial score (nSPS) is 22.0. The van der Waals surface area contributed by atoms with Crippen LogP contribution in [0.2, 0.25) is 0 Å². The van der Waals surface area contributed by atoms with E-state index in [4.69, 9.17) is 0 Å². The molecule has 78 valence electrons. The maximum atomic E-state index is 3.88. The molecule has 0 N–H and O–H groups in total. The molecular formula is C15H18. The largest absolute Gasteiger partial charge is 0.0990 e. The van der Waals surface area contributed by atoms with Crippen LogP contribution in [-0.2, 0) is 0 Å². The molecule has 0 spiro atoms. The number of hydrogen-bond acceptors (Lipinski definition) is 0. The number of rotatable bonds is 3. The third-order valence-corrected chi connectivity index (χ3v) is 2.57. The second-order valence-electron chi connectivity index (χ2n) is 3.45. The van der Waals surface area contributed by atoms with Gasteiger partial charge in [0.1, 0.15) is 0 Å². The smallest absolute Gasteiger partial charge is 0.00168 e. The third-order valence-electron chi connectivity index (χ3n) is 2.57. The van der Waals surface area contributed by atoms with E-state index in [9.17, 15) is 0 Å². The summed E-state index contributed by atoms with van der Waals surface area (Å²) in [5, 5.41) is 0. The van der Waals surface area contributed by atoms with Crippen molar-refractivity contribution in [3.63, 3.8) is 0 Å². The first-order valence-corrected chi connectivity index (χ1v) is 5.25. The molecule has 1 aliphatic rings. The maximum absolute atomic E-state index is 3.88. The topological polar surface area (TPSA) is 0 Å². The van der Waals surface area contributed by atoms with E-state index in [-0.39, 0.29) is 0 Å². The molecule has 0 bridgehead atoms. The highest BCUT2D eigenvalue weighted by atomic mass is 14.2. The van der Waals surface area contributed by atoms with Gasteiger partial charge in [0.2, 0.25) is 0 Å². The second-order valence-corrected chi connectivity index (χ2v) is 3.45. The highest BCUT2D eigenvalue weighted by Gasteiger charge is 2.19. The molecule has 0 heterocycles. The van der Waals surface area contributed by atoms with Crippen LogP contribution in [0.15, 0.2) is 71.9 Å². The SMILES string of the molecule is C=C/C=C1C(C=C)=C(/C=C\C)CC/1=C/C. The summed E-state index contributed by atoms with van der Waals surface area (Å²) >= 11 is 0. The first-order chi connectivity index (χ1) is 7.28. The molecule has 0 heteroatoms. The average molecular weight is 198 g/mol. The van der Waals surface area contributed by atoms with Crippen molar-refractivity contribution >= 4 is 0 Å². The molecule has 0 aliphatic heterocycles. The first-order valence-electron chi connectivity index (χ1n) is 5.25. The van der Waals surface area contributed by atoms with Crippen molar-refractivity contribution < 1.29 is 0 Å². The third kappa shape index (κ3) is 2.27. The van der Waals surface area contributed by atoms with Gasteiger partial charge in [-0.3, -0.25) is 0 Å². The zero-order valence-electron chi connectivity index (χ0n) is 9.59. The van der Waals surface area contributed by atoms with E-state index in [2.05, 4.69) is 44.4 Å². The van der Waals surface area contributed by atoms with Gasteiger partial charge in [-0.15, -0.1) is 0 Å². The molecule has 0 aromatic rings. The summed E-state index contributed by atoms with van der Waals surface area (Å²) in [6.45, 7) is 11.8. The van der Waals surface area contributed by atoms with Crippen LogP contribution in [0.1, 0.15) is 20.3 Å². The van der Waals surface area contributed by atoms with E-state index >= 15 is 0 Å². The molecule has 1 aliphatic carbocycles. The standard InChI is InChI=1S/C15H18/c1-5-9-13-11-12(7-3)15(10-6-2)14(13)8-4/h5-10H,2,4,11H2,1,3H3/b9-5-,12-7-,15-10+. The van der Waals surface area contributed by atoms with Crippen LogP contribution in [0, 0.1) is 0 Å². The minimum atomic E-state index is 1.00. The van der Waals surface area contributed by atoms with Crippen molar-refractivity contribution in [3.05, 3.63) is 71.9 Å². The Kier molecular flexibility index (Phi) is 4.11. The minimum Gasteiger partial charge on any atom is -0.0990 e. The Labute approximate surface area is 92.7 Å². The van der Waals surface area contributed by atoms with E-state index < -0.39 is 0 Å². The van der Waals surface area contributed by atoms with E-state index in [1.807, 2.05) is 19.1 Å². The van der Waals surface area contributed by atoms with Crippen molar-refractivity contribution in [2.75, 3.05) is 0 Å². The highest BCUT2D eigenvalue weighted by molar-refractivity contribution is 5.63. The summed E-state index contributed by atoms with van der Waals surface area (Å²) in [7, 11) is 0. The molecule has 1 rings (SSSR count). The van der Waals surface area contributed by atoms with Crippen LogP contribution in [0.3, 0.4) is 0 Å². The van der Waals surface area contributed by atoms with Crippen molar-refractivity contribution in [1.82, 2.24) is 0 Å². The van der Waals surface area contributed by atoms with Crippen LogP contribution in [0.4, 0.5) is 0 Å². The predicted octanol–water partition coefficient (Wildman–Crippen LogP) is 4.51. The minimum absolute atomic E-state index is 1.00. The summed E-state index contributed by atoms with van der Waals surface area (Å²) in [4.78, 5) is 0. The van der Waals surface area contributed by atoms with Crippen LogP contribution in [0.5, 0.6) is 0 Å². The molecule has 0 amide bonds. The van der Waals surface area contributed by atoms with Gasteiger partial charge in [0.25, 0.3) is 0 Å². The first kappa shape index (κ1) is 11.5. The van der Waals surface area contributed by atoms with Gasteiger partial charge >= 0.3 is 0 Å². The lowest BCUT2D eigenvalue weighted by atomic mass is 10.0. The van der Waals surface area contributed by atoms with Crippen molar-refractivity contribution in [3.8, 4) is 0 Å². The second kappa shape index (κ2) is 5.35. The fourth-order valence-electron chi connectivity index (χ4n) is 1.90. The molecule has 15 heavy (non-hydrogen) atoms. The Balaban J connectivity index is 3.27. The molecule has 0 aromatic carbocycles. The predicted molar refractivity (Wildman–Crippen MR) is 68.7 cm³/mol. The molecule has 0 unspecified atom stereocenters. The highest BCUT2D eigenvalue weighted by Crippen LogP contribution is 2.37. The molecular weight excluding hydrogens is 180 g/mol. The van der Waals surface area contributed by atoms with E-state index in [1.165, 1.54) is 22.3 Å². The van der Waals surface area contributed by atoms with E-state index in [0.29, 0.717) is 0 Å². The summed E-state index contributed by atoms with van der Waals surface area (Å²) in [5.41, 5.74) is 5.20. The quantitative estimate of drug-likeness (QED) is 0.626. The Hall–Kier alpha value is -1.56. The van der Waals surface area contributed by atoms with Gasteiger partial charge in [-0.2, -0.15) is 0 Å². The molecule has 0 nitrogen and oxygen atoms in total. The zero-order valence-corrected chi connectivity index (χ0v) is 9.59. The summed E-state index contributed by atoms with van der Waals surface area (Å²) in [6.07, 6.45) is 13.2. The number of hydrogen-bond donors (Lipinski definition) is 0. The average Bonchev–Trinajstić information content (AvgIpc) is 2.57. The molecule has 0 atom stereocenters. The van der Waals surface area contributed by atoms with Crippen LogP contribution >= 0.6 is 0 Å². The monoisotopic (exact) mass is 198 g/mol. The Morgan fingerprint density at radius 1 is 1.20 bits per heavy atom. The number of allylic oxidation sites excluding steroid dienone is 10. The van der Waals surface area contributed by atoms with Crippen LogP contribution < -0.4 is 0 Å². The molecule has 0 radical (unpaired) electrons. The molecule has 0 fully saturated rings. The van der Waals surface area contributed by atoms with Crippen molar-refractivity contribution in [2.24, 2.45) is 0 Å². The van der Waals surface area contributed by atoms with Gasteiger partial charge < -0.3 is 0 Å². The summed E-state index contributed by atoms with van der Waals surface area (Å²) in [5.74, 6) is 0. The molecule has 0 saturated carbocycles. The van der Waals surface area contributed by atoms with Crippen molar-refractivity contribution in [1.29, 1.82) is 0 Å². The molecule has 0 aromatic heterocycles. The van der Waals surface area contributed by atoms with Crippen molar-refractivity contribution in [2.45, 2.75) is 20.3 Å². The summed E-state index contributed by atoms with van der Waals surface area (Å²) in [6, 6.07) is 0. The Bertz CT molecular complexity index is 384. The zero-order chi connectivity index (χ0) is 11.3. The summed E-state index contributed by atoms with van der Waals surface area (Å²) < 4.78 is 0. The Morgan fingerprint density at radius 2 is 1.93 bits per heavy atom. The van der Waals surface area contributed by atoms with Gasteiger partial charge in [-0.1, -0.05) is 49.6 Å². The molecule has 0 saturated heterocycles. The van der Waals surface area contributed by atoms with E-state index in [1.54, 1.807) is 0 Å². The maximum Gasteiger partial charge on any atom is -0.00168 e. The fourth-order valence-corrected chi connectivity index (χ4v) is 1.90. The van der Waals surface area contributed by atoms with Crippen LogP contribution in [0.25, 0.3) is 0 Å². The van der Waals surface area contributed by atoms with Crippen LogP contribution in [-0.4, -0.2) is 0 Å². The lowest BCUT2D eigenvalue weighted by Gasteiger charge is -2.01.